The molecule has 0 spiro atoms. The van der Waals surface area contributed by atoms with Crippen molar-refractivity contribution in [1.29, 1.82) is 0 Å². The van der Waals surface area contributed by atoms with Gasteiger partial charge in [0.2, 0.25) is 0 Å². The van der Waals surface area contributed by atoms with Crippen molar-refractivity contribution < 1.29 is 22.5 Å². The van der Waals surface area contributed by atoms with E-state index in [-0.39, 0.29) is 12.6 Å². The molecule has 23 heavy (non-hydrogen) atoms. The highest BCUT2D eigenvalue weighted by Crippen LogP contribution is 2.35. The molecule has 2 rings (SSSR count). The van der Waals surface area contributed by atoms with Gasteiger partial charge in [-0.05, 0) is 35.4 Å². The highest BCUT2D eigenvalue weighted by atomic mass is 32.2. The predicted octanol–water partition coefficient (Wildman–Crippen LogP) is 2.79. The van der Waals surface area contributed by atoms with Crippen LogP contribution in [-0.2, 0) is 27.3 Å². The summed E-state index contributed by atoms with van der Waals surface area (Å²) in [5, 5.41) is 9.41. The first-order valence-electron chi connectivity index (χ1n) is 7.63. The molecule has 0 bridgehead atoms. The molecule has 1 aromatic carbocycles. The quantitative estimate of drug-likeness (QED) is 0.833. The Morgan fingerprint density at radius 3 is 2.70 bits per heavy atom. The van der Waals surface area contributed by atoms with Crippen LogP contribution in [0.5, 0.6) is 0 Å². The minimum atomic E-state index is -3.48. The predicted molar refractivity (Wildman–Crippen MR) is 86.7 cm³/mol. The number of rotatable bonds is 5. The first-order chi connectivity index (χ1) is 10.7. The lowest BCUT2D eigenvalue weighted by atomic mass is 9.87. The molecular formula is C16H23NO5S. The van der Waals surface area contributed by atoms with E-state index in [4.69, 9.17) is 4.18 Å². The van der Waals surface area contributed by atoms with Crippen molar-refractivity contribution in [3.8, 4) is 0 Å². The highest BCUT2D eigenvalue weighted by Gasteiger charge is 2.31. The van der Waals surface area contributed by atoms with Crippen LogP contribution in [0.2, 0.25) is 0 Å². The van der Waals surface area contributed by atoms with E-state index in [1.165, 1.54) is 4.90 Å². The molecule has 1 N–H and O–H groups in total. The fraction of sp³-hybridized carbons (Fsp3) is 0.562. The van der Waals surface area contributed by atoms with E-state index in [1.807, 2.05) is 18.2 Å². The molecule has 0 saturated heterocycles. The lowest BCUT2D eigenvalue weighted by Crippen LogP contribution is -2.39. The Morgan fingerprint density at radius 2 is 2.13 bits per heavy atom. The monoisotopic (exact) mass is 341 g/mol. The summed E-state index contributed by atoms with van der Waals surface area (Å²) in [6.45, 7) is 4.60. The van der Waals surface area contributed by atoms with Crippen molar-refractivity contribution in [1.82, 2.24) is 4.90 Å². The maximum Gasteiger partial charge on any atom is 0.407 e. The van der Waals surface area contributed by atoms with Crippen LogP contribution < -0.4 is 0 Å². The first kappa shape index (κ1) is 17.7. The molecule has 0 radical (unpaired) electrons. The first-order valence-corrected chi connectivity index (χ1v) is 9.44. The number of hydrogen-bond acceptors (Lipinski definition) is 4. The van der Waals surface area contributed by atoms with Crippen molar-refractivity contribution in [3.63, 3.8) is 0 Å². The number of carboxylic acid groups (broad SMARTS) is 1. The molecule has 128 valence electrons. The third kappa shape index (κ3) is 4.68. The summed E-state index contributed by atoms with van der Waals surface area (Å²) in [6.07, 6.45) is 1.52. The second-order valence-electron chi connectivity index (χ2n) is 6.37. The lowest BCUT2D eigenvalue weighted by Gasteiger charge is -2.36. The molecule has 1 aromatic rings. The molecule has 1 atom stereocenters. The molecule has 7 heteroatoms. The summed E-state index contributed by atoms with van der Waals surface area (Å²) in [5.41, 5.74) is 2.86. The van der Waals surface area contributed by atoms with Crippen LogP contribution in [0.1, 0.15) is 43.0 Å². The number of fused-ring (bicyclic) bond motifs is 1. The number of hydrogen-bond donors (Lipinski definition) is 1. The summed E-state index contributed by atoms with van der Waals surface area (Å²) in [6, 6.07) is 5.48. The fourth-order valence-electron chi connectivity index (χ4n) is 2.96. The summed E-state index contributed by atoms with van der Waals surface area (Å²) in [5.74, 6) is 0.376. The number of carbonyl (C=O) groups is 1. The second kappa shape index (κ2) is 6.88. The zero-order chi connectivity index (χ0) is 17.2. The van der Waals surface area contributed by atoms with Gasteiger partial charge in [-0.25, -0.2) is 4.79 Å². The van der Waals surface area contributed by atoms with Crippen LogP contribution in [0, 0.1) is 5.92 Å². The minimum absolute atomic E-state index is 0.00358. The normalized spacial score (nSPS) is 18.1. The number of amides is 1. The molecule has 0 saturated carbocycles. The molecule has 0 fully saturated rings. The third-order valence-electron chi connectivity index (χ3n) is 3.94. The van der Waals surface area contributed by atoms with Gasteiger partial charge in [0.25, 0.3) is 10.1 Å². The van der Waals surface area contributed by atoms with Crippen LogP contribution in [0.15, 0.2) is 18.2 Å². The van der Waals surface area contributed by atoms with Crippen LogP contribution in [0.3, 0.4) is 0 Å². The molecule has 1 aliphatic rings. The largest absolute Gasteiger partial charge is 0.465 e. The zero-order valence-corrected chi connectivity index (χ0v) is 14.5. The van der Waals surface area contributed by atoms with E-state index in [1.54, 1.807) is 0 Å². The average molecular weight is 341 g/mol. The summed E-state index contributed by atoms with van der Waals surface area (Å²) in [7, 11) is -3.48. The summed E-state index contributed by atoms with van der Waals surface area (Å²) >= 11 is 0. The van der Waals surface area contributed by atoms with Crippen molar-refractivity contribution in [3.05, 3.63) is 34.9 Å². The standard InChI is InChI=1S/C16H23NO5S/c1-11(2)8-15-14-5-4-12(10-22-23(3,20)21)9-13(14)6-7-17(15)16(18)19/h4-5,9,11,15H,6-8,10H2,1-3H3,(H,18,19). The van der Waals surface area contributed by atoms with Gasteiger partial charge < -0.3 is 10.0 Å². The Morgan fingerprint density at radius 1 is 1.43 bits per heavy atom. The van der Waals surface area contributed by atoms with Crippen LogP contribution in [0.25, 0.3) is 0 Å². The summed E-state index contributed by atoms with van der Waals surface area (Å²) in [4.78, 5) is 13.0. The maximum atomic E-state index is 11.5. The molecule has 1 heterocycles. The minimum Gasteiger partial charge on any atom is -0.465 e. The van der Waals surface area contributed by atoms with Crippen LogP contribution in [-0.4, -0.2) is 37.3 Å². The molecule has 1 aliphatic heterocycles. The Kier molecular flexibility index (Phi) is 5.31. The SMILES string of the molecule is CC(C)CC1c2ccc(COS(C)(=O)=O)cc2CCN1C(=O)O. The van der Waals surface area contributed by atoms with Crippen LogP contribution in [0.4, 0.5) is 4.79 Å². The zero-order valence-electron chi connectivity index (χ0n) is 13.7. The fourth-order valence-corrected chi connectivity index (χ4v) is 3.31. The Balaban J connectivity index is 2.27. The van der Waals surface area contributed by atoms with Gasteiger partial charge in [-0.1, -0.05) is 32.0 Å². The van der Waals surface area contributed by atoms with Gasteiger partial charge in [-0.3, -0.25) is 4.18 Å². The molecule has 1 unspecified atom stereocenters. The van der Waals surface area contributed by atoms with Gasteiger partial charge in [0, 0.05) is 6.54 Å². The maximum absolute atomic E-state index is 11.5. The lowest BCUT2D eigenvalue weighted by molar-refractivity contribution is 0.113. The smallest absolute Gasteiger partial charge is 0.407 e. The second-order valence-corrected chi connectivity index (χ2v) is 8.01. The Labute approximate surface area is 137 Å². The number of nitrogens with zero attached hydrogens (tertiary/aromatic N) is 1. The molecule has 1 amide bonds. The summed E-state index contributed by atoms with van der Waals surface area (Å²) < 4.78 is 27.0. The third-order valence-corrected chi connectivity index (χ3v) is 4.49. The molecule has 0 aliphatic carbocycles. The van der Waals surface area contributed by atoms with Gasteiger partial charge in [-0.2, -0.15) is 8.42 Å². The Bertz CT molecular complexity index is 684. The topological polar surface area (TPSA) is 83.9 Å². The highest BCUT2D eigenvalue weighted by molar-refractivity contribution is 7.85. The molecule has 6 nitrogen and oxygen atoms in total. The van der Waals surface area contributed by atoms with Crippen LogP contribution >= 0.6 is 0 Å². The van der Waals surface area contributed by atoms with E-state index in [0.29, 0.717) is 18.9 Å². The molecular weight excluding hydrogens is 318 g/mol. The van der Waals surface area contributed by atoms with Gasteiger partial charge in [0.1, 0.15) is 0 Å². The van der Waals surface area contributed by atoms with Crippen molar-refractivity contribution in [2.24, 2.45) is 5.92 Å². The van der Waals surface area contributed by atoms with E-state index >= 15 is 0 Å². The van der Waals surface area contributed by atoms with Crippen molar-refractivity contribution in [2.75, 3.05) is 12.8 Å². The van der Waals surface area contributed by atoms with E-state index in [9.17, 15) is 18.3 Å². The Hall–Kier alpha value is -1.60. The number of benzene rings is 1. The van der Waals surface area contributed by atoms with Gasteiger partial charge in [-0.15, -0.1) is 0 Å². The van der Waals surface area contributed by atoms with E-state index in [2.05, 4.69) is 13.8 Å². The van der Waals surface area contributed by atoms with Gasteiger partial charge in [0.15, 0.2) is 0 Å². The van der Waals surface area contributed by atoms with Crippen molar-refractivity contribution >= 4 is 16.2 Å². The van der Waals surface area contributed by atoms with Gasteiger partial charge in [0.05, 0.1) is 18.9 Å². The van der Waals surface area contributed by atoms with Gasteiger partial charge >= 0.3 is 6.09 Å². The van der Waals surface area contributed by atoms with E-state index in [0.717, 1.165) is 29.4 Å². The molecule has 0 aromatic heterocycles. The average Bonchev–Trinajstić information content (AvgIpc) is 2.43. The van der Waals surface area contributed by atoms with E-state index < -0.39 is 16.2 Å². The van der Waals surface area contributed by atoms with Crippen molar-refractivity contribution in [2.45, 2.75) is 39.3 Å².